The molecule has 0 radical (unpaired) electrons. The minimum Gasteiger partial charge on any atom is -0.497 e. The van der Waals surface area contributed by atoms with Gasteiger partial charge in [-0.25, -0.2) is 5.43 Å². The molecule has 27 heavy (non-hydrogen) atoms. The Balaban J connectivity index is 2.02. The summed E-state index contributed by atoms with van der Waals surface area (Å²) in [7, 11) is 3.13. The van der Waals surface area contributed by atoms with Gasteiger partial charge < -0.3 is 14.2 Å². The van der Waals surface area contributed by atoms with Gasteiger partial charge in [-0.1, -0.05) is 11.6 Å². The zero-order valence-corrected chi connectivity index (χ0v) is 16.8. The van der Waals surface area contributed by atoms with E-state index in [1.807, 2.05) is 13.8 Å². The summed E-state index contributed by atoms with van der Waals surface area (Å²) in [5.74, 6) is 1.48. The molecule has 2 aromatic carbocycles. The van der Waals surface area contributed by atoms with E-state index in [2.05, 4.69) is 10.5 Å². The Kier molecular flexibility index (Phi) is 7.07. The Morgan fingerprint density at radius 3 is 2.37 bits per heavy atom. The fraction of sp³-hybridized carbons (Fsp3) is 0.300. The number of rotatable bonds is 7. The van der Waals surface area contributed by atoms with Gasteiger partial charge in [-0.15, -0.1) is 0 Å². The van der Waals surface area contributed by atoms with Gasteiger partial charge >= 0.3 is 0 Å². The third-order valence-corrected chi connectivity index (χ3v) is 4.50. The first-order valence-corrected chi connectivity index (χ1v) is 8.71. The van der Waals surface area contributed by atoms with Crippen molar-refractivity contribution >= 4 is 23.7 Å². The lowest BCUT2D eigenvalue weighted by Gasteiger charge is -2.15. The highest BCUT2D eigenvalue weighted by molar-refractivity contribution is 6.32. The highest BCUT2D eigenvalue weighted by atomic mass is 35.5. The van der Waals surface area contributed by atoms with Gasteiger partial charge in [0.2, 0.25) is 0 Å². The van der Waals surface area contributed by atoms with E-state index in [0.717, 1.165) is 11.1 Å². The fourth-order valence-corrected chi connectivity index (χ4v) is 2.54. The van der Waals surface area contributed by atoms with Crippen LogP contribution in [0.25, 0.3) is 0 Å². The molecule has 7 heteroatoms. The molecule has 1 amide bonds. The standard InChI is InChI=1S/C20H23ClN2O4/c1-12-8-17(9-13(2)19(12)21)27-14(3)20(24)23-22-11-15-10-16(25-4)6-7-18(15)26-5/h6-11,14H,1-5H3,(H,23,24). The molecular formula is C20H23ClN2O4. The van der Waals surface area contributed by atoms with Gasteiger partial charge in [-0.05, 0) is 62.2 Å². The second-order valence-electron chi connectivity index (χ2n) is 5.97. The number of carbonyl (C=O) groups is 1. The number of hydrogen-bond donors (Lipinski definition) is 1. The van der Waals surface area contributed by atoms with Crippen LogP contribution in [0, 0.1) is 13.8 Å². The lowest BCUT2D eigenvalue weighted by atomic mass is 10.1. The van der Waals surface area contributed by atoms with Crippen LogP contribution in [0.5, 0.6) is 17.2 Å². The van der Waals surface area contributed by atoms with Gasteiger partial charge in [0, 0.05) is 10.6 Å². The molecule has 2 rings (SSSR count). The highest BCUT2D eigenvalue weighted by Gasteiger charge is 2.15. The number of ether oxygens (including phenoxy) is 3. The molecule has 0 spiro atoms. The van der Waals surface area contributed by atoms with E-state index in [9.17, 15) is 4.79 Å². The van der Waals surface area contributed by atoms with Gasteiger partial charge in [0.1, 0.15) is 17.2 Å². The van der Waals surface area contributed by atoms with Crippen molar-refractivity contribution in [3.63, 3.8) is 0 Å². The van der Waals surface area contributed by atoms with Crippen LogP contribution < -0.4 is 19.6 Å². The van der Waals surface area contributed by atoms with Crippen LogP contribution in [0.1, 0.15) is 23.6 Å². The van der Waals surface area contributed by atoms with Crippen LogP contribution in [0.3, 0.4) is 0 Å². The largest absolute Gasteiger partial charge is 0.497 e. The van der Waals surface area contributed by atoms with Gasteiger partial charge in [-0.3, -0.25) is 4.79 Å². The number of benzene rings is 2. The predicted octanol–water partition coefficient (Wildman–Crippen LogP) is 3.89. The van der Waals surface area contributed by atoms with Gasteiger partial charge in [0.25, 0.3) is 5.91 Å². The first kappa shape index (κ1) is 20.6. The molecule has 0 fully saturated rings. The number of halogens is 1. The Labute approximate surface area is 164 Å². The number of nitrogens with zero attached hydrogens (tertiary/aromatic N) is 1. The molecule has 1 N–H and O–H groups in total. The van der Waals surface area contributed by atoms with E-state index in [0.29, 0.717) is 27.8 Å². The molecule has 0 saturated heterocycles. The molecule has 1 unspecified atom stereocenters. The van der Waals surface area contributed by atoms with E-state index in [-0.39, 0.29) is 5.91 Å². The van der Waals surface area contributed by atoms with Gasteiger partial charge in [-0.2, -0.15) is 5.10 Å². The Hall–Kier alpha value is -2.73. The summed E-state index contributed by atoms with van der Waals surface area (Å²) in [6, 6.07) is 8.89. The lowest BCUT2D eigenvalue weighted by molar-refractivity contribution is -0.127. The van der Waals surface area contributed by atoms with Crippen molar-refractivity contribution in [3.8, 4) is 17.2 Å². The number of hydrazone groups is 1. The molecule has 0 heterocycles. The zero-order valence-electron chi connectivity index (χ0n) is 16.0. The first-order valence-electron chi connectivity index (χ1n) is 8.34. The zero-order chi connectivity index (χ0) is 20.0. The van der Waals surface area contributed by atoms with E-state index in [4.69, 9.17) is 25.8 Å². The third-order valence-electron chi connectivity index (χ3n) is 3.91. The first-order chi connectivity index (χ1) is 12.8. The molecule has 6 nitrogen and oxygen atoms in total. The van der Waals surface area contributed by atoms with Crippen LogP contribution >= 0.6 is 11.6 Å². The van der Waals surface area contributed by atoms with Crippen molar-refractivity contribution in [2.75, 3.05) is 14.2 Å². The van der Waals surface area contributed by atoms with Crippen molar-refractivity contribution in [1.82, 2.24) is 5.43 Å². The van der Waals surface area contributed by atoms with Crippen molar-refractivity contribution in [1.29, 1.82) is 0 Å². The van der Waals surface area contributed by atoms with E-state index >= 15 is 0 Å². The monoisotopic (exact) mass is 390 g/mol. The quantitative estimate of drug-likeness (QED) is 0.575. The maximum absolute atomic E-state index is 12.2. The smallest absolute Gasteiger partial charge is 0.280 e. The van der Waals surface area contributed by atoms with E-state index < -0.39 is 6.10 Å². The maximum atomic E-state index is 12.2. The number of methoxy groups -OCH3 is 2. The molecule has 0 bridgehead atoms. The molecule has 0 aliphatic heterocycles. The summed E-state index contributed by atoms with van der Waals surface area (Å²) in [4.78, 5) is 12.2. The summed E-state index contributed by atoms with van der Waals surface area (Å²) in [6.45, 7) is 5.42. The topological polar surface area (TPSA) is 69.2 Å². The highest BCUT2D eigenvalue weighted by Crippen LogP contribution is 2.26. The number of carbonyl (C=O) groups excluding carboxylic acids is 1. The molecule has 144 valence electrons. The van der Waals surface area contributed by atoms with E-state index in [1.165, 1.54) is 6.21 Å². The molecule has 0 aliphatic carbocycles. The van der Waals surface area contributed by atoms with Crippen LogP contribution in [0.4, 0.5) is 0 Å². The van der Waals surface area contributed by atoms with Gasteiger partial charge in [0.05, 0.1) is 20.4 Å². The van der Waals surface area contributed by atoms with Crippen LogP contribution in [-0.4, -0.2) is 32.4 Å². The Bertz CT molecular complexity index is 829. The summed E-state index contributed by atoms with van der Waals surface area (Å²) in [6.07, 6.45) is 0.761. The minimum absolute atomic E-state index is 0.377. The lowest BCUT2D eigenvalue weighted by Crippen LogP contribution is -2.33. The van der Waals surface area contributed by atoms with Crippen molar-refractivity contribution in [2.45, 2.75) is 26.9 Å². The van der Waals surface area contributed by atoms with Crippen LogP contribution in [0.15, 0.2) is 35.4 Å². The average Bonchev–Trinajstić information content (AvgIpc) is 2.65. The van der Waals surface area contributed by atoms with Gasteiger partial charge in [0.15, 0.2) is 6.10 Å². The molecule has 1 atom stereocenters. The minimum atomic E-state index is -0.727. The van der Waals surface area contributed by atoms with Crippen molar-refractivity contribution in [2.24, 2.45) is 5.10 Å². The summed E-state index contributed by atoms with van der Waals surface area (Å²) in [5, 5.41) is 4.67. The molecule has 0 aliphatic rings. The van der Waals surface area contributed by atoms with Crippen molar-refractivity contribution in [3.05, 3.63) is 52.0 Å². The summed E-state index contributed by atoms with van der Waals surface area (Å²) < 4.78 is 16.1. The number of hydrogen-bond acceptors (Lipinski definition) is 5. The Morgan fingerprint density at radius 2 is 1.78 bits per heavy atom. The molecule has 0 aromatic heterocycles. The maximum Gasteiger partial charge on any atom is 0.280 e. The number of nitrogens with one attached hydrogen (secondary N) is 1. The van der Waals surface area contributed by atoms with Crippen LogP contribution in [0.2, 0.25) is 5.02 Å². The van der Waals surface area contributed by atoms with E-state index in [1.54, 1.807) is 51.5 Å². The third kappa shape index (κ3) is 5.37. The fourth-order valence-electron chi connectivity index (χ4n) is 2.43. The van der Waals surface area contributed by atoms with Crippen LogP contribution in [-0.2, 0) is 4.79 Å². The Morgan fingerprint density at radius 1 is 1.11 bits per heavy atom. The summed E-state index contributed by atoms with van der Waals surface area (Å²) >= 11 is 6.15. The summed E-state index contributed by atoms with van der Waals surface area (Å²) in [5.41, 5.74) is 4.92. The molecule has 2 aromatic rings. The predicted molar refractivity (Wildman–Crippen MR) is 106 cm³/mol. The average molecular weight is 391 g/mol. The molecule has 0 saturated carbocycles. The number of amides is 1. The normalized spacial score (nSPS) is 11.9. The molecular weight excluding hydrogens is 368 g/mol. The second kappa shape index (κ2) is 9.28. The van der Waals surface area contributed by atoms with Crippen molar-refractivity contribution < 1.29 is 19.0 Å². The number of aryl methyl sites for hydroxylation is 2. The second-order valence-corrected chi connectivity index (χ2v) is 6.35. The SMILES string of the molecule is COc1ccc(OC)c(C=NNC(=O)C(C)Oc2cc(C)c(Cl)c(C)c2)c1.